The summed E-state index contributed by atoms with van der Waals surface area (Å²) in [7, 11) is 0. The molecule has 120 valence electrons. The van der Waals surface area contributed by atoms with Crippen LogP contribution in [0, 0.1) is 6.92 Å². The van der Waals surface area contributed by atoms with Gasteiger partial charge in [0.25, 0.3) is 5.56 Å². The molecule has 10 heteroatoms. The molecule has 10 nitrogen and oxygen atoms in total. The number of amides is 1. The van der Waals surface area contributed by atoms with Crippen LogP contribution in [0.1, 0.15) is 5.56 Å². The maximum Gasteiger partial charge on any atom is 0.333 e. The van der Waals surface area contributed by atoms with Crippen molar-refractivity contribution in [2.75, 3.05) is 13.1 Å². The number of aliphatic carboxylic acids is 1. The second-order valence-corrected chi connectivity index (χ2v) is 4.49. The van der Waals surface area contributed by atoms with Crippen molar-refractivity contribution >= 4 is 18.2 Å². The van der Waals surface area contributed by atoms with Crippen LogP contribution >= 0.6 is 0 Å². The smallest absolute Gasteiger partial charge is 0.333 e. The summed E-state index contributed by atoms with van der Waals surface area (Å²) in [6.07, 6.45) is 1.28. The lowest BCUT2D eigenvalue weighted by atomic mass is 10.2. The Morgan fingerprint density at radius 2 is 2.14 bits per heavy atom. The maximum absolute atomic E-state index is 12.2. The van der Waals surface area contributed by atoms with Crippen LogP contribution in [0.4, 0.5) is 0 Å². The van der Waals surface area contributed by atoms with Crippen molar-refractivity contribution in [1.29, 1.82) is 0 Å². The van der Waals surface area contributed by atoms with E-state index >= 15 is 0 Å². The summed E-state index contributed by atoms with van der Waals surface area (Å²) in [5.41, 5.74) is 4.13. The first-order valence-corrected chi connectivity index (χ1v) is 6.29. The fourth-order valence-electron chi connectivity index (χ4n) is 1.80. The molecule has 1 amide bonds. The molecule has 1 aromatic rings. The number of carbonyl (C=O) groups is 3. The highest BCUT2D eigenvalue weighted by Crippen LogP contribution is 2.00. The standard InChI is InChI=1S/C12H16N4O6/c1-7-4-15(12(22)14-10(7)19)5-9(18)16(3-2-13)8(6-17)11(20)21/h4,6,8H,2-3,5,13H2,1H3,(H,20,21)(H,14,19,22). The molecule has 0 aliphatic heterocycles. The molecule has 0 spiro atoms. The number of rotatable bonds is 7. The van der Waals surface area contributed by atoms with Crippen LogP contribution in [0.25, 0.3) is 0 Å². The molecule has 0 saturated carbocycles. The largest absolute Gasteiger partial charge is 0.479 e. The molecule has 1 heterocycles. The summed E-state index contributed by atoms with van der Waals surface area (Å²) < 4.78 is 0.923. The molecular formula is C12H16N4O6. The van der Waals surface area contributed by atoms with Crippen molar-refractivity contribution in [2.45, 2.75) is 19.5 Å². The van der Waals surface area contributed by atoms with Gasteiger partial charge in [-0.2, -0.15) is 0 Å². The van der Waals surface area contributed by atoms with Crippen LogP contribution in [0.3, 0.4) is 0 Å². The monoisotopic (exact) mass is 312 g/mol. The van der Waals surface area contributed by atoms with Gasteiger partial charge in [-0.15, -0.1) is 0 Å². The van der Waals surface area contributed by atoms with E-state index < -0.39 is 35.7 Å². The molecule has 0 fully saturated rings. The Bertz CT molecular complexity index is 692. The number of aryl methyl sites for hydroxylation is 1. The lowest BCUT2D eigenvalue weighted by Crippen LogP contribution is -2.50. The van der Waals surface area contributed by atoms with E-state index in [2.05, 4.69) is 0 Å². The Hall–Kier alpha value is -2.75. The van der Waals surface area contributed by atoms with Crippen LogP contribution in [0.2, 0.25) is 0 Å². The minimum Gasteiger partial charge on any atom is -0.479 e. The third-order valence-electron chi connectivity index (χ3n) is 2.90. The number of aromatic amines is 1. The Balaban J connectivity index is 3.09. The molecular weight excluding hydrogens is 296 g/mol. The number of carbonyl (C=O) groups excluding carboxylic acids is 2. The fraction of sp³-hybridized carbons (Fsp3) is 0.417. The number of nitrogens with zero attached hydrogens (tertiary/aromatic N) is 2. The summed E-state index contributed by atoms with van der Waals surface area (Å²) in [4.78, 5) is 59.6. The van der Waals surface area contributed by atoms with Gasteiger partial charge in [-0.3, -0.25) is 19.1 Å². The topological polar surface area (TPSA) is 156 Å². The van der Waals surface area contributed by atoms with Crippen molar-refractivity contribution in [3.05, 3.63) is 32.6 Å². The molecule has 22 heavy (non-hydrogen) atoms. The van der Waals surface area contributed by atoms with Crippen LogP contribution < -0.4 is 17.0 Å². The number of carboxylic acids is 1. The molecule has 1 aromatic heterocycles. The second-order valence-electron chi connectivity index (χ2n) is 4.49. The number of nitrogens with one attached hydrogen (secondary N) is 1. The van der Waals surface area contributed by atoms with Crippen molar-refractivity contribution in [1.82, 2.24) is 14.5 Å². The molecule has 0 aromatic carbocycles. The third kappa shape index (κ3) is 3.88. The van der Waals surface area contributed by atoms with Gasteiger partial charge in [0.2, 0.25) is 5.91 Å². The van der Waals surface area contributed by atoms with Crippen molar-refractivity contribution in [2.24, 2.45) is 5.73 Å². The quantitative estimate of drug-likeness (QED) is 0.365. The van der Waals surface area contributed by atoms with Crippen LogP contribution in [0.5, 0.6) is 0 Å². The van der Waals surface area contributed by atoms with Gasteiger partial charge < -0.3 is 20.5 Å². The fourth-order valence-corrected chi connectivity index (χ4v) is 1.80. The molecule has 1 unspecified atom stereocenters. The van der Waals surface area contributed by atoms with Crippen LogP contribution in [0.15, 0.2) is 15.8 Å². The zero-order valence-electron chi connectivity index (χ0n) is 11.8. The zero-order valence-corrected chi connectivity index (χ0v) is 11.8. The predicted molar refractivity (Wildman–Crippen MR) is 74.3 cm³/mol. The van der Waals surface area contributed by atoms with E-state index in [1.165, 1.54) is 13.1 Å². The van der Waals surface area contributed by atoms with Gasteiger partial charge in [-0.25, -0.2) is 9.59 Å². The lowest BCUT2D eigenvalue weighted by molar-refractivity contribution is -0.152. The van der Waals surface area contributed by atoms with Crippen molar-refractivity contribution < 1.29 is 19.5 Å². The zero-order chi connectivity index (χ0) is 16.9. The Labute approximate surface area is 124 Å². The molecule has 0 aliphatic rings. The number of hydrogen-bond acceptors (Lipinski definition) is 6. The van der Waals surface area contributed by atoms with Gasteiger partial charge >= 0.3 is 11.7 Å². The van der Waals surface area contributed by atoms with Crippen LogP contribution in [-0.4, -0.2) is 56.9 Å². The molecule has 1 atom stereocenters. The number of nitrogens with two attached hydrogens (primary N) is 1. The van der Waals surface area contributed by atoms with E-state index in [1.807, 2.05) is 4.98 Å². The van der Waals surface area contributed by atoms with Gasteiger partial charge in [0.05, 0.1) is 0 Å². The maximum atomic E-state index is 12.2. The van der Waals surface area contributed by atoms with Crippen molar-refractivity contribution in [3.8, 4) is 0 Å². The summed E-state index contributed by atoms with van der Waals surface area (Å²) in [6, 6.07) is -1.68. The van der Waals surface area contributed by atoms with E-state index in [4.69, 9.17) is 10.8 Å². The highest BCUT2D eigenvalue weighted by molar-refractivity contribution is 5.95. The first-order valence-electron chi connectivity index (χ1n) is 6.29. The highest BCUT2D eigenvalue weighted by Gasteiger charge is 2.28. The Kier molecular flexibility index (Phi) is 5.75. The summed E-state index contributed by atoms with van der Waals surface area (Å²) in [5.74, 6) is -2.28. The van der Waals surface area contributed by atoms with Crippen LogP contribution in [-0.2, 0) is 20.9 Å². The number of hydrogen-bond donors (Lipinski definition) is 3. The first-order chi connectivity index (χ1) is 10.3. The third-order valence-corrected chi connectivity index (χ3v) is 2.90. The van der Waals surface area contributed by atoms with E-state index in [-0.39, 0.29) is 24.9 Å². The van der Waals surface area contributed by atoms with Gasteiger partial charge in [0.15, 0.2) is 12.3 Å². The summed E-state index contributed by atoms with van der Waals surface area (Å²) >= 11 is 0. The van der Waals surface area contributed by atoms with Gasteiger partial charge in [-0.05, 0) is 6.92 Å². The van der Waals surface area contributed by atoms with E-state index in [1.54, 1.807) is 0 Å². The number of H-pyrrole nitrogens is 1. The first kappa shape index (κ1) is 17.3. The second kappa shape index (κ2) is 7.31. The van der Waals surface area contributed by atoms with Gasteiger partial charge in [-0.1, -0.05) is 0 Å². The van der Waals surface area contributed by atoms with Crippen molar-refractivity contribution in [3.63, 3.8) is 0 Å². The predicted octanol–water partition coefficient (Wildman–Crippen LogP) is -2.72. The minimum atomic E-state index is -1.68. The molecule has 1 rings (SSSR count). The molecule has 0 aliphatic carbocycles. The normalized spacial score (nSPS) is 11.7. The Morgan fingerprint density at radius 1 is 1.50 bits per heavy atom. The van der Waals surface area contributed by atoms with Gasteiger partial charge in [0.1, 0.15) is 6.54 Å². The summed E-state index contributed by atoms with van der Waals surface area (Å²) in [5, 5.41) is 8.94. The summed E-state index contributed by atoms with van der Waals surface area (Å²) in [6.45, 7) is 0.713. The van der Waals surface area contributed by atoms with E-state index in [0.29, 0.717) is 0 Å². The SMILES string of the molecule is Cc1cn(CC(=O)N(CCN)C(C=O)C(=O)O)c(=O)[nH]c1=O. The highest BCUT2D eigenvalue weighted by atomic mass is 16.4. The number of aromatic nitrogens is 2. The molecule has 0 saturated heterocycles. The molecule has 4 N–H and O–H groups in total. The van der Waals surface area contributed by atoms with E-state index in [0.717, 1.165) is 9.47 Å². The van der Waals surface area contributed by atoms with E-state index in [9.17, 15) is 24.0 Å². The number of carboxylic acid groups (broad SMARTS) is 1. The molecule has 0 radical (unpaired) electrons. The Morgan fingerprint density at radius 3 is 2.64 bits per heavy atom. The van der Waals surface area contributed by atoms with Gasteiger partial charge in [0, 0.05) is 24.8 Å². The minimum absolute atomic E-state index is 0.0527. The average molecular weight is 312 g/mol. The average Bonchev–Trinajstić information content (AvgIpc) is 2.44. The lowest BCUT2D eigenvalue weighted by Gasteiger charge is -2.25. The molecule has 0 bridgehead atoms. The number of aldehydes is 1.